The average molecular weight is 342 g/mol. The zero-order valence-electron chi connectivity index (χ0n) is 13.8. The molecule has 3 rings (SSSR count). The summed E-state index contributed by atoms with van der Waals surface area (Å²) in [6.45, 7) is 2.33. The van der Waals surface area contributed by atoms with Crippen molar-refractivity contribution in [2.45, 2.75) is 19.4 Å². The average Bonchev–Trinajstić information content (AvgIpc) is 2.62. The molecule has 1 aliphatic heterocycles. The number of benzene rings is 2. The van der Waals surface area contributed by atoms with Crippen molar-refractivity contribution in [1.29, 1.82) is 0 Å². The maximum atomic E-state index is 10.2. The van der Waals surface area contributed by atoms with Crippen molar-refractivity contribution >= 4 is 17.3 Å². The summed E-state index contributed by atoms with van der Waals surface area (Å²) in [6.07, 6.45) is 1.71. The van der Waals surface area contributed by atoms with E-state index in [1.54, 1.807) is 7.11 Å². The maximum absolute atomic E-state index is 10.2. The third-order valence-electron chi connectivity index (χ3n) is 4.38. The van der Waals surface area contributed by atoms with Gasteiger partial charge in [-0.05, 0) is 42.3 Å². The van der Waals surface area contributed by atoms with E-state index in [0.717, 1.165) is 42.2 Å². The summed E-state index contributed by atoms with van der Waals surface area (Å²) in [4.78, 5) is 2.15. The van der Waals surface area contributed by atoms with Crippen LogP contribution in [0.5, 0.6) is 11.5 Å². The van der Waals surface area contributed by atoms with Crippen molar-refractivity contribution in [3.8, 4) is 11.5 Å². The minimum absolute atomic E-state index is 0.262. The van der Waals surface area contributed by atoms with E-state index in [9.17, 15) is 5.11 Å². The molecule has 1 aliphatic rings. The first-order valence-electron chi connectivity index (χ1n) is 8.13. The molecule has 0 amide bonds. The molecule has 0 radical (unpaired) electrons. The minimum atomic E-state index is 0.262. The van der Waals surface area contributed by atoms with Crippen molar-refractivity contribution < 1.29 is 9.84 Å². The second-order valence-corrected chi connectivity index (χ2v) is 6.28. The van der Waals surface area contributed by atoms with Gasteiger partial charge in [0.25, 0.3) is 0 Å². The molecule has 2 aromatic carbocycles. The first-order valence-corrected chi connectivity index (χ1v) is 8.54. The van der Waals surface area contributed by atoms with Gasteiger partial charge < -0.3 is 20.1 Å². The molecule has 0 fully saturated rings. The number of phenolic OH excluding ortho intramolecular Hbond substituents is 1. The van der Waals surface area contributed by atoms with Crippen LogP contribution in [0.15, 0.2) is 42.5 Å². The molecule has 126 valence electrons. The van der Waals surface area contributed by atoms with E-state index in [-0.39, 0.29) is 5.75 Å². The Balaban J connectivity index is 1.57. The van der Waals surface area contributed by atoms with Gasteiger partial charge in [0.15, 0.2) is 16.6 Å². The molecular formula is C19H22N2O2S. The number of hydrogen-bond acceptors (Lipinski definition) is 3. The van der Waals surface area contributed by atoms with Gasteiger partial charge in [-0.1, -0.05) is 36.4 Å². The third-order valence-corrected chi connectivity index (χ3v) is 4.78. The van der Waals surface area contributed by atoms with Gasteiger partial charge in [-0.15, -0.1) is 0 Å². The highest BCUT2D eigenvalue weighted by molar-refractivity contribution is 7.80. The molecule has 0 bridgehead atoms. The predicted octanol–water partition coefficient (Wildman–Crippen LogP) is 2.88. The van der Waals surface area contributed by atoms with Crippen LogP contribution in [-0.2, 0) is 19.4 Å². The van der Waals surface area contributed by atoms with Crippen LogP contribution in [0.3, 0.4) is 0 Å². The monoisotopic (exact) mass is 342 g/mol. The lowest BCUT2D eigenvalue weighted by atomic mass is 9.98. The van der Waals surface area contributed by atoms with E-state index in [1.165, 1.54) is 5.56 Å². The van der Waals surface area contributed by atoms with Crippen LogP contribution in [0.4, 0.5) is 0 Å². The Bertz CT molecular complexity index is 719. The lowest BCUT2D eigenvalue weighted by Crippen LogP contribution is -2.43. The number of rotatable bonds is 4. The minimum Gasteiger partial charge on any atom is -0.504 e. The molecule has 2 aromatic rings. The molecule has 4 nitrogen and oxygen atoms in total. The van der Waals surface area contributed by atoms with E-state index in [0.29, 0.717) is 12.3 Å². The standard InChI is InChI=1S/C19H22N2O2S/c1-23-17-8-7-15-13-21(12-10-16(15)18(17)22)19(24)20-11-9-14-5-3-2-4-6-14/h2-8,22H,9-13H2,1H3,(H,20,24). The highest BCUT2D eigenvalue weighted by atomic mass is 32.1. The second-order valence-electron chi connectivity index (χ2n) is 5.89. The van der Waals surface area contributed by atoms with Gasteiger partial charge in [-0.2, -0.15) is 0 Å². The van der Waals surface area contributed by atoms with E-state index in [1.807, 2.05) is 18.2 Å². The predicted molar refractivity (Wildman–Crippen MR) is 99.5 cm³/mol. The Labute approximate surface area is 148 Å². The van der Waals surface area contributed by atoms with Crippen LogP contribution >= 0.6 is 12.2 Å². The van der Waals surface area contributed by atoms with Crippen LogP contribution in [-0.4, -0.2) is 35.3 Å². The number of nitrogens with zero attached hydrogens (tertiary/aromatic N) is 1. The topological polar surface area (TPSA) is 44.7 Å². The summed E-state index contributed by atoms with van der Waals surface area (Å²) < 4.78 is 5.18. The smallest absolute Gasteiger partial charge is 0.169 e. The highest BCUT2D eigenvalue weighted by Crippen LogP contribution is 2.35. The normalized spacial score (nSPS) is 13.3. The van der Waals surface area contributed by atoms with Crippen LogP contribution in [0.1, 0.15) is 16.7 Å². The van der Waals surface area contributed by atoms with Gasteiger partial charge in [0, 0.05) is 25.2 Å². The van der Waals surface area contributed by atoms with Crippen molar-refractivity contribution in [2.24, 2.45) is 0 Å². The zero-order valence-corrected chi connectivity index (χ0v) is 14.6. The Morgan fingerprint density at radius 3 is 2.79 bits per heavy atom. The van der Waals surface area contributed by atoms with Crippen LogP contribution in [0.2, 0.25) is 0 Å². The van der Waals surface area contributed by atoms with Crippen molar-refractivity contribution in [1.82, 2.24) is 10.2 Å². The van der Waals surface area contributed by atoms with Crippen LogP contribution < -0.4 is 10.1 Å². The van der Waals surface area contributed by atoms with Gasteiger partial charge >= 0.3 is 0 Å². The fourth-order valence-corrected chi connectivity index (χ4v) is 3.28. The quantitative estimate of drug-likeness (QED) is 0.837. The molecule has 0 aliphatic carbocycles. The summed E-state index contributed by atoms with van der Waals surface area (Å²) in [5, 5.41) is 14.3. The fraction of sp³-hybridized carbons (Fsp3) is 0.316. The molecule has 0 spiro atoms. The molecule has 5 heteroatoms. The van der Waals surface area contributed by atoms with Crippen molar-refractivity contribution in [3.63, 3.8) is 0 Å². The lowest BCUT2D eigenvalue weighted by molar-refractivity contribution is 0.351. The molecule has 2 N–H and O–H groups in total. The SMILES string of the molecule is COc1ccc2c(c1O)CCN(C(=S)NCCc1ccccc1)C2. The Hall–Kier alpha value is -2.27. The summed E-state index contributed by atoms with van der Waals surface area (Å²) in [6, 6.07) is 14.2. The van der Waals surface area contributed by atoms with E-state index in [2.05, 4.69) is 34.5 Å². The maximum Gasteiger partial charge on any atom is 0.169 e. The number of aromatic hydroxyl groups is 1. The molecule has 1 heterocycles. The molecule has 0 saturated heterocycles. The molecule has 0 unspecified atom stereocenters. The van der Waals surface area contributed by atoms with Gasteiger partial charge in [-0.25, -0.2) is 0 Å². The lowest BCUT2D eigenvalue weighted by Gasteiger charge is -2.31. The van der Waals surface area contributed by atoms with Crippen molar-refractivity contribution in [3.05, 3.63) is 59.2 Å². The zero-order chi connectivity index (χ0) is 16.9. The Morgan fingerprint density at radius 2 is 2.04 bits per heavy atom. The molecule has 24 heavy (non-hydrogen) atoms. The summed E-state index contributed by atoms with van der Waals surface area (Å²) in [5.74, 6) is 0.795. The molecule has 0 saturated carbocycles. The number of hydrogen-bond donors (Lipinski definition) is 2. The first kappa shape index (κ1) is 16.6. The van der Waals surface area contributed by atoms with Crippen LogP contribution in [0.25, 0.3) is 0 Å². The number of phenols is 1. The highest BCUT2D eigenvalue weighted by Gasteiger charge is 2.22. The van der Waals surface area contributed by atoms with Gasteiger partial charge in [0.05, 0.1) is 7.11 Å². The van der Waals surface area contributed by atoms with Crippen LogP contribution in [0, 0.1) is 0 Å². The fourth-order valence-electron chi connectivity index (χ4n) is 3.02. The number of methoxy groups -OCH3 is 1. The third kappa shape index (κ3) is 3.62. The van der Waals surface area contributed by atoms with Crippen molar-refractivity contribution in [2.75, 3.05) is 20.2 Å². The van der Waals surface area contributed by atoms with Gasteiger partial charge in [0.2, 0.25) is 0 Å². The Kier molecular flexibility index (Phi) is 5.20. The van der Waals surface area contributed by atoms with E-state index < -0.39 is 0 Å². The Morgan fingerprint density at radius 1 is 1.25 bits per heavy atom. The van der Waals surface area contributed by atoms with E-state index >= 15 is 0 Å². The molecule has 0 atom stereocenters. The summed E-state index contributed by atoms with van der Waals surface area (Å²) in [7, 11) is 1.57. The van der Waals surface area contributed by atoms with Gasteiger partial charge in [-0.3, -0.25) is 0 Å². The van der Waals surface area contributed by atoms with Gasteiger partial charge in [0.1, 0.15) is 0 Å². The summed E-state index contributed by atoms with van der Waals surface area (Å²) in [5.41, 5.74) is 3.37. The first-order chi connectivity index (χ1) is 11.7. The second kappa shape index (κ2) is 7.53. The number of thiocarbonyl (C=S) groups is 1. The number of ether oxygens (including phenoxy) is 1. The van der Waals surface area contributed by atoms with E-state index in [4.69, 9.17) is 17.0 Å². The molecule has 0 aromatic heterocycles. The number of nitrogens with one attached hydrogen (secondary N) is 1. The molecular weight excluding hydrogens is 320 g/mol. The number of fused-ring (bicyclic) bond motifs is 1. The summed E-state index contributed by atoms with van der Waals surface area (Å²) >= 11 is 5.53. The largest absolute Gasteiger partial charge is 0.504 e.